The first-order valence-electron chi connectivity index (χ1n) is 22.2. The van der Waals surface area contributed by atoms with E-state index >= 15 is 0 Å². The number of unbranched alkanes of at least 4 members (excludes halogenated alkanes) is 11. The molecule has 0 aromatic carbocycles. The largest absolute Gasteiger partial charge is 0.481 e. The molecule has 6 N–H and O–H groups in total. The van der Waals surface area contributed by atoms with E-state index in [0.717, 1.165) is 25.7 Å². The SMILES string of the molecule is CCCCCCCCCCCCC(NC(=O)[C@H](CCCCNC(=O)OC(C)(C)C)NC(=O)[C@H](CCCCNC(=O)OC(C)(C)C)NC(=O)CCC(=O)O)C(=O)OC(C)(C)C. The number of nitrogens with one attached hydrogen (secondary N) is 5. The van der Waals surface area contributed by atoms with Gasteiger partial charge in [0.1, 0.15) is 34.9 Å². The standard InChI is InChI=1S/C44H81N5O11/c1-11-12-13-14-15-16-17-18-19-20-27-34(39(55)58-42(2,3)4)49-38(54)33(26-22-24-31-46-41(57)60-44(8,9)10)48-37(53)32(47-35(50)28-29-36(51)52)25-21-23-30-45-40(56)59-43(5,6)7/h32-34H,11-31H2,1-10H3,(H,45,56)(H,46,57)(H,47,50)(H,48,53)(H,49,54)(H,51,52)/t32-,33-,34?/m0/s1. The molecule has 0 aliphatic heterocycles. The van der Waals surface area contributed by atoms with E-state index in [2.05, 4.69) is 33.5 Å². The monoisotopic (exact) mass is 856 g/mol. The number of carbonyl (C=O) groups is 7. The second-order valence-electron chi connectivity index (χ2n) is 18.5. The fourth-order valence-corrected chi connectivity index (χ4v) is 5.98. The summed E-state index contributed by atoms with van der Waals surface area (Å²) < 4.78 is 16.2. The molecule has 0 saturated heterocycles. The smallest absolute Gasteiger partial charge is 0.407 e. The van der Waals surface area contributed by atoms with Crippen LogP contribution in [0.1, 0.15) is 191 Å². The van der Waals surface area contributed by atoms with Crippen LogP contribution in [0.3, 0.4) is 0 Å². The zero-order chi connectivity index (χ0) is 45.8. The Labute approximate surface area is 359 Å². The van der Waals surface area contributed by atoms with Gasteiger partial charge in [-0.05, 0) is 107 Å². The number of hydrogen-bond acceptors (Lipinski definition) is 10. The maximum Gasteiger partial charge on any atom is 0.407 e. The Bertz CT molecular complexity index is 1300. The van der Waals surface area contributed by atoms with Gasteiger partial charge in [0.15, 0.2) is 0 Å². The molecule has 16 heteroatoms. The summed E-state index contributed by atoms with van der Waals surface area (Å²) in [6, 6.07) is -3.24. The minimum Gasteiger partial charge on any atom is -0.481 e. The Morgan fingerprint density at radius 3 is 1.25 bits per heavy atom. The van der Waals surface area contributed by atoms with Crippen LogP contribution < -0.4 is 26.6 Å². The van der Waals surface area contributed by atoms with E-state index in [1.54, 1.807) is 62.3 Å². The van der Waals surface area contributed by atoms with Gasteiger partial charge in [-0.1, -0.05) is 71.1 Å². The lowest BCUT2D eigenvalue weighted by Crippen LogP contribution is -2.56. The minimum atomic E-state index is -1.17. The van der Waals surface area contributed by atoms with Crippen LogP contribution in [0.4, 0.5) is 9.59 Å². The Hall–Kier alpha value is -4.11. The van der Waals surface area contributed by atoms with E-state index in [1.807, 2.05) is 0 Å². The van der Waals surface area contributed by atoms with Crippen LogP contribution in [-0.4, -0.2) is 95.0 Å². The summed E-state index contributed by atoms with van der Waals surface area (Å²) in [5.41, 5.74) is -2.16. The third kappa shape index (κ3) is 32.7. The van der Waals surface area contributed by atoms with Crippen molar-refractivity contribution in [3.8, 4) is 0 Å². The second-order valence-corrected chi connectivity index (χ2v) is 18.5. The molecular weight excluding hydrogens is 775 g/mol. The molecule has 0 aromatic heterocycles. The Morgan fingerprint density at radius 1 is 0.467 bits per heavy atom. The van der Waals surface area contributed by atoms with Crippen molar-refractivity contribution >= 4 is 41.8 Å². The summed E-state index contributed by atoms with van der Waals surface area (Å²) in [6.07, 6.45) is 11.3. The highest BCUT2D eigenvalue weighted by molar-refractivity contribution is 5.93. The molecule has 0 radical (unpaired) electrons. The predicted molar refractivity (Wildman–Crippen MR) is 231 cm³/mol. The summed E-state index contributed by atoms with van der Waals surface area (Å²) in [5, 5.41) is 22.6. The maximum absolute atomic E-state index is 14.0. The number of ether oxygens (including phenoxy) is 3. The average Bonchev–Trinajstić information content (AvgIpc) is 3.10. The average molecular weight is 856 g/mol. The number of aliphatic carboxylic acids is 1. The normalized spacial score (nSPS) is 13.2. The number of carboxylic acid groups (broad SMARTS) is 1. The first-order valence-corrected chi connectivity index (χ1v) is 22.2. The lowest BCUT2D eigenvalue weighted by Gasteiger charge is -2.27. The second kappa shape index (κ2) is 30.0. The minimum absolute atomic E-state index is 0.119. The number of alkyl carbamates (subject to hydrolysis) is 2. The first kappa shape index (κ1) is 55.9. The molecule has 0 rings (SSSR count). The van der Waals surface area contributed by atoms with E-state index in [0.29, 0.717) is 38.5 Å². The van der Waals surface area contributed by atoms with E-state index in [-0.39, 0.29) is 32.4 Å². The van der Waals surface area contributed by atoms with E-state index in [4.69, 9.17) is 19.3 Å². The van der Waals surface area contributed by atoms with E-state index in [9.17, 15) is 33.6 Å². The molecule has 60 heavy (non-hydrogen) atoms. The zero-order valence-electron chi connectivity index (χ0n) is 38.6. The molecule has 0 bridgehead atoms. The molecule has 0 aliphatic carbocycles. The molecule has 0 aromatic rings. The highest BCUT2D eigenvalue weighted by Gasteiger charge is 2.31. The van der Waals surface area contributed by atoms with Crippen molar-refractivity contribution in [3.63, 3.8) is 0 Å². The van der Waals surface area contributed by atoms with Gasteiger partial charge >= 0.3 is 24.1 Å². The number of esters is 1. The number of hydrogen-bond donors (Lipinski definition) is 6. The van der Waals surface area contributed by atoms with Gasteiger partial charge in [-0.15, -0.1) is 0 Å². The van der Waals surface area contributed by atoms with Gasteiger partial charge in [0, 0.05) is 19.5 Å². The topological polar surface area (TPSA) is 228 Å². The molecule has 1 unspecified atom stereocenters. The molecule has 5 amide bonds. The van der Waals surface area contributed by atoms with E-state index < -0.39 is 83.2 Å². The highest BCUT2D eigenvalue weighted by Crippen LogP contribution is 2.16. The number of amides is 5. The summed E-state index contributed by atoms with van der Waals surface area (Å²) in [4.78, 5) is 89.4. The van der Waals surface area contributed by atoms with Crippen LogP contribution in [-0.2, 0) is 38.2 Å². The highest BCUT2D eigenvalue weighted by atomic mass is 16.6. The summed E-state index contributed by atoms with van der Waals surface area (Å²) in [5.74, 6) is -3.69. The number of rotatable bonds is 30. The van der Waals surface area contributed by atoms with Gasteiger partial charge in [0.05, 0.1) is 6.42 Å². The van der Waals surface area contributed by atoms with Crippen LogP contribution in [0.15, 0.2) is 0 Å². The third-order valence-electron chi connectivity index (χ3n) is 8.88. The van der Waals surface area contributed by atoms with E-state index in [1.165, 1.54) is 32.1 Å². The fraction of sp³-hybridized carbons (Fsp3) is 0.841. The fourth-order valence-electron chi connectivity index (χ4n) is 5.98. The molecule has 16 nitrogen and oxygen atoms in total. The van der Waals surface area contributed by atoms with Crippen LogP contribution in [0.25, 0.3) is 0 Å². The van der Waals surface area contributed by atoms with Gasteiger partial charge < -0.3 is 45.9 Å². The van der Waals surface area contributed by atoms with Crippen molar-refractivity contribution in [3.05, 3.63) is 0 Å². The Morgan fingerprint density at radius 2 is 0.833 bits per heavy atom. The lowest BCUT2D eigenvalue weighted by atomic mass is 10.0. The van der Waals surface area contributed by atoms with Gasteiger partial charge in [-0.25, -0.2) is 14.4 Å². The molecule has 0 heterocycles. The van der Waals surface area contributed by atoms with Crippen molar-refractivity contribution in [1.29, 1.82) is 0 Å². The van der Waals surface area contributed by atoms with Crippen LogP contribution in [0.2, 0.25) is 0 Å². The molecule has 0 fully saturated rings. The van der Waals surface area contributed by atoms with Crippen LogP contribution in [0.5, 0.6) is 0 Å². The Balaban J connectivity index is 6.01. The van der Waals surface area contributed by atoms with Crippen LogP contribution >= 0.6 is 0 Å². The Kier molecular flexibility index (Phi) is 27.9. The van der Waals surface area contributed by atoms with Gasteiger partial charge in [0.25, 0.3) is 0 Å². The predicted octanol–water partition coefficient (Wildman–Crippen LogP) is 7.35. The summed E-state index contributed by atoms with van der Waals surface area (Å²) in [7, 11) is 0. The molecule has 348 valence electrons. The van der Waals surface area contributed by atoms with Gasteiger partial charge in [-0.3, -0.25) is 19.2 Å². The number of carboxylic acids is 1. The quantitative estimate of drug-likeness (QED) is 0.0238. The van der Waals surface area contributed by atoms with Crippen LogP contribution in [0, 0.1) is 0 Å². The lowest BCUT2D eigenvalue weighted by molar-refractivity contribution is -0.159. The van der Waals surface area contributed by atoms with Crippen molar-refractivity contribution in [1.82, 2.24) is 26.6 Å². The van der Waals surface area contributed by atoms with Crippen molar-refractivity contribution in [2.45, 2.75) is 226 Å². The third-order valence-corrected chi connectivity index (χ3v) is 8.88. The maximum atomic E-state index is 14.0. The summed E-state index contributed by atoms with van der Waals surface area (Å²) in [6.45, 7) is 18.4. The van der Waals surface area contributed by atoms with Gasteiger partial charge in [0.2, 0.25) is 17.7 Å². The van der Waals surface area contributed by atoms with Crippen molar-refractivity contribution < 1.29 is 52.9 Å². The van der Waals surface area contributed by atoms with Crippen molar-refractivity contribution in [2.24, 2.45) is 0 Å². The molecule has 3 atom stereocenters. The summed E-state index contributed by atoms with van der Waals surface area (Å²) >= 11 is 0. The first-order chi connectivity index (χ1) is 27.9. The molecular formula is C44H81N5O11. The molecule has 0 spiro atoms. The number of carbonyl (C=O) groups excluding carboxylic acids is 6. The van der Waals surface area contributed by atoms with Gasteiger partial charge in [-0.2, -0.15) is 0 Å². The van der Waals surface area contributed by atoms with Crippen molar-refractivity contribution in [2.75, 3.05) is 13.1 Å². The zero-order valence-corrected chi connectivity index (χ0v) is 38.6. The molecule has 0 aliphatic rings. The molecule has 0 saturated carbocycles.